The van der Waals surface area contributed by atoms with Gasteiger partial charge in [0.15, 0.2) is 0 Å². The molecule has 0 aliphatic carbocycles. The molecule has 0 saturated heterocycles. The number of nitrogens with two attached hydrogens (primary N) is 2. The molecule has 0 atom stereocenters. The van der Waals surface area contributed by atoms with E-state index < -0.39 is 0 Å². The van der Waals surface area contributed by atoms with Crippen LogP contribution in [0.25, 0.3) is 5.57 Å². The Morgan fingerprint density at radius 2 is 1.70 bits per heavy atom. The van der Waals surface area contributed by atoms with Crippen molar-refractivity contribution < 1.29 is 4.39 Å². The Bertz CT molecular complexity index is 613. The average Bonchev–Trinajstić information content (AvgIpc) is 2.50. The van der Waals surface area contributed by atoms with Crippen LogP contribution in [0, 0.1) is 5.82 Å². The van der Waals surface area contributed by atoms with Crippen LogP contribution in [0.2, 0.25) is 0 Å². The lowest BCUT2D eigenvalue weighted by atomic mass is 10.1. The Morgan fingerprint density at radius 1 is 1.05 bits per heavy atom. The van der Waals surface area contributed by atoms with Crippen molar-refractivity contribution in [3.05, 3.63) is 71.7 Å². The highest BCUT2D eigenvalue weighted by Crippen LogP contribution is 2.16. The number of benzene rings is 2. The van der Waals surface area contributed by atoms with E-state index in [1.165, 1.54) is 18.3 Å². The van der Waals surface area contributed by atoms with Gasteiger partial charge in [0.2, 0.25) is 0 Å². The van der Waals surface area contributed by atoms with Gasteiger partial charge in [-0.15, -0.1) is 0 Å². The van der Waals surface area contributed by atoms with Crippen molar-refractivity contribution >= 4 is 17.5 Å². The molecule has 3 nitrogen and oxygen atoms in total. The van der Waals surface area contributed by atoms with Crippen molar-refractivity contribution in [1.29, 1.82) is 0 Å². The molecule has 102 valence electrons. The van der Waals surface area contributed by atoms with E-state index in [4.69, 9.17) is 11.5 Å². The van der Waals surface area contributed by atoms with Crippen LogP contribution in [0.15, 0.2) is 59.7 Å². The highest BCUT2D eigenvalue weighted by Gasteiger charge is 1.99. The van der Waals surface area contributed by atoms with Gasteiger partial charge < -0.3 is 11.5 Å². The molecule has 0 aliphatic heterocycles. The smallest absolute Gasteiger partial charge is 0.123 e. The van der Waals surface area contributed by atoms with E-state index >= 15 is 0 Å². The lowest BCUT2D eigenvalue weighted by molar-refractivity contribution is 0.628. The maximum Gasteiger partial charge on any atom is 0.123 e. The minimum absolute atomic E-state index is 0.282. The van der Waals surface area contributed by atoms with Crippen molar-refractivity contribution in [3.8, 4) is 0 Å². The van der Waals surface area contributed by atoms with Crippen molar-refractivity contribution in [2.45, 2.75) is 6.54 Å². The molecule has 20 heavy (non-hydrogen) atoms. The Labute approximate surface area is 117 Å². The number of hydrogen-bond donors (Lipinski definition) is 2. The monoisotopic (exact) mass is 269 g/mol. The summed E-state index contributed by atoms with van der Waals surface area (Å²) in [6, 6.07) is 13.7. The molecule has 4 N–H and O–H groups in total. The molecule has 4 heteroatoms. The fourth-order valence-electron chi connectivity index (χ4n) is 1.72. The SMILES string of the molecule is NC=C(C=Nc1ccc(F)cc1)c1ccc(CN)cc1. The number of rotatable bonds is 4. The fraction of sp³-hybridized carbons (Fsp3) is 0.0625. The first kappa shape index (κ1) is 14.0. The Balaban J connectivity index is 2.18. The molecule has 2 aromatic carbocycles. The molecular formula is C16H16FN3. The number of halogens is 1. The van der Waals surface area contributed by atoms with Crippen LogP contribution in [0.3, 0.4) is 0 Å². The second kappa shape index (κ2) is 6.63. The molecule has 0 heterocycles. The van der Waals surface area contributed by atoms with E-state index in [1.807, 2.05) is 24.3 Å². The summed E-state index contributed by atoms with van der Waals surface area (Å²) in [4.78, 5) is 4.27. The predicted octanol–water partition coefficient (Wildman–Crippen LogP) is 2.99. The van der Waals surface area contributed by atoms with E-state index in [0.717, 1.165) is 16.7 Å². The normalized spacial score (nSPS) is 12.0. The molecule has 0 aliphatic rings. The Morgan fingerprint density at radius 3 is 2.25 bits per heavy atom. The van der Waals surface area contributed by atoms with Crippen LogP contribution in [0.4, 0.5) is 10.1 Å². The molecule has 2 rings (SSSR count). The van der Waals surface area contributed by atoms with Gasteiger partial charge in [0.05, 0.1) is 5.69 Å². The third kappa shape index (κ3) is 3.52. The van der Waals surface area contributed by atoms with Crippen LogP contribution in [-0.4, -0.2) is 6.21 Å². The van der Waals surface area contributed by atoms with E-state index in [9.17, 15) is 4.39 Å². The average molecular weight is 269 g/mol. The zero-order chi connectivity index (χ0) is 14.4. The number of hydrogen-bond acceptors (Lipinski definition) is 3. The van der Waals surface area contributed by atoms with Gasteiger partial charge in [0.25, 0.3) is 0 Å². The summed E-state index contributed by atoms with van der Waals surface area (Å²) in [6.45, 7) is 0.506. The first-order valence-corrected chi connectivity index (χ1v) is 6.24. The van der Waals surface area contributed by atoms with Gasteiger partial charge in [-0.05, 0) is 35.4 Å². The van der Waals surface area contributed by atoms with Gasteiger partial charge in [-0.2, -0.15) is 0 Å². The summed E-state index contributed by atoms with van der Waals surface area (Å²) in [7, 11) is 0. The second-order valence-electron chi connectivity index (χ2n) is 4.26. The van der Waals surface area contributed by atoms with E-state index in [-0.39, 0.29) is 5.82 Å². The van der Waals surface area contributed by atoms with Crippen LogP contribution in [0.5, 0.6) is 0 Å². The maximum atomic E-state index is 12.8. The van der Waals surface area contributed by atoms with Gasteiger partial charge >= 0.3 is 0 Å². The van der Waals surface area contributed by atoms with E-state index in [1.54, 1.807) is 18.3 Å². The van der Waals surface area contributed by atoms with Crippen molar-refractivity contribution in [2.24, 2.45) is 16.5 Å². The van der Waals surface area contributed by atoms with Crippen LogP contribution in [-0.2, 0) is 6.54 Å². The quantitative estimate of drug-likeness (QED) is 0.838. The molecule has 0 unspecified atom stereocenters. The van der Waals surface area contributed by atoms with Gasteiger partial charge in [-0.3, -0.25) is 4.99 Å². The summed E-state index contributed by atoms with van der Waals surface area (Å²) in [6.07, 6.45) is 3.15. The van der Waals surface area contributed by atoms with Crippen molar-refractivity contribution in [2.75, 3.05) is 0 Å². The predicted molar refractivity (Wildman–Crippen MR) is 81.0 cm³/mol. The second-order valence-corrected chi connectivity index (χ2v) is 4.26. The summed E-state index contributed by atoms with van der Waals surface area (Å²) >= 11 is 0. The topological polar surface area (TPSA) is 64.4 Å². The molecule has 0 aromatic heterocycles. The first-order chi connectivity index (χ1) is 9.72. The summed E-state index contributed by atoms with van der Waals surface area (Å²) in [5.74, 6) is -0.282. The van der Waals surface area contributed by atoms with Crippen molar-refractivity contribution in [3.63, 3.8) is 0 Å². The fourth-order valence-corrected chi connectivity index (χ4v) is 1.72. The molecular weight excluding hydrogens is 253 g/mol. The molecule has 0 amide bonds. The van der Waals surface area contributed by atoms with E-state index in [0.29, 0.717) is 12.2 Å². The summed E-state index contributed by atoms with van der Waals surface area (Å²) in [5, 5.41) is 0. The zero-order valence-electron chi connectivity index (χ0n) is 11.0. The largest absolute Gasteiger partial charge is 0.404 e. The van der Waals surface area contributed by atoms with Crippen LogP contribution >= 0.6 is 0 Å². The minimum atomic E-state index is -0.282. The number of nitrogens with zero attached hydrogens (tertiary/aromatic N) is 1. The van der Waals surface area contributed by atoms with Gasteiger partial charge in [-0.25, -0.2) is 4.39 Å². The highest BCUT2D eigenvalue weighted by molar-refractivity contribution is 6.10. The molecule has 0 spiro atoms. The first-order valence-electron chi connectivity index (χ1n) is 6.24. The minimum Gasteiger partial charge on any atom is -0.404 e. The third-order valence-electron chi connectivity index (χ3n) is 2.88. The van der Waals surface area contributed by atoms with Crippen molar-refractivity contribution in [1.82, 2.24) is 0 Å². The Kier molecular flexibility index (Phi) is 4.63. The molecule has 0 bridgehead atoms. The molecule has 0 saturated carbocycles. The lowest BCUT2D eigenvalue weighted by Gasteiger charge is -2.03. The zero-order valence-corrected chi connectivity index (χ0v) is 11.0. The molecule has 2 aromatic rings. The standard InChI is InChI=1S/C16H16FN3/c17-15-5-7-16(8-6-15)20-11-14(10-19)13-3-1-12(9-18)2-4-13/h1-8,10-11H,9,18-19H2. The van der Waals surface area contributed by atoms with Crippen LogP contribution in [0.1, 0.15) is 11.1 Å². The van der Waals surface area contributed by atoms with Gasteiger partial charge in [-0.1, -0.05) is 24.3 Å². The number of aliphatic imine (C=N–C) groups is 1. The lowest BCUT2D eigenvalue weighted by Crippen LogP contribution is -1.97. The molecule has 0 fully saturated rings. The number of allylic oxidation sites excluding steroid dienone is 1. The third-order valence-corrected chi connectivity index (χ3v) is 2.88. The maximum absolute atomic E-state index is 12.8. The van der Waals surface area contributed by atoms with Gasteiger partial charge in [0, 0.05) is 24.5 Å². The molecule has 0 radical (unpaired) electrons. The van der Waals surface area contributed by atoms with Gasteiger partial charge in [0.1, 0.15) is 5.82 Å². The van der Waals surface area contributed by atoms with Crippen LogP contribution < -0.4 is 11.5 Å². The highest BCUT2D eigenvalue weighted by atomic mass is 19.1. The summed E-state index contributed by atoms with van der Waals surface area (Å²) < 4.78 is 12.8. The van der Waals surface area contributed by atoms with E-state index in [2.05, 4.69) is 4.99 Å². The Hall–Kier alpha value is -2.46. The summed E-state index contributed by atoms with van der Waals surface area (Å²) in [5.41, 5.74) is 14.7.